The Labute approximate surface area is 195 Å². The Morgan fingerprint density at radius 2 is 1.80 bits per heavy atom. The summed E-state index contributed by atoms with van der Waals surface area (Å²) in [5.41, 5.74) is 0.703. The van der Waals surface area contributed by atoms with E-state index in [4.69, 9.17) is 27.9 Å². The fourth-order valence-electron chi connectivity index (χ4n) is 2.89. The van der Waals surface area contributed by atoms with Gasteiger partial charge in [0.1, 0.15) is 11.8 Å². The summed E-state index contributed by atoms with van der Waals surface area (Å²) in [5.74, 6) is 0.0416. The first-order valence-electron chi connectivity index (χ1n) is 9.63. The van der Waals surface area contributed by atoms with E-state index in [0.29, 0.717) is 27.8 Å². The van der Waals surface area contributed by atoms with Crippen LogP contribution < -0.4 is 10.1 Å². The standard InChI is InChI=1S/C22H25BrCl2N2O3/c1-4-20(22(29)26-14(2)3)27(12-15-5-8-17(24)11-19(15)25)21(28)13-30-18-9-6-16(23)7-10-18/h5-11,14,20H,4,12-13H2,1-3H3,(H,26,29). The highest BCUT2D eigenvalue weighted by Gasteiger charge is 2.29. The van der Waals surface area contributed by atoms with Crippen molar-refractivity contribution in [3.63, 3.8) is 0 Å². The lowest BCUT2D eigenvalue weighted by molar-refractivity contribution is -0.143. The van der Waals surface area contributed by atoms with Gasteiger partial charge in [-0.2, -0.15) is 0 Å². The largest absolute Gasteiger partial charge is 0.484 e. The fraction of sp³-hybridized carbons (Fsp3) is 0.364. The maximum absolute atomic E-state index is 13.1. The monoisotopic (exact) mass is 514 g/mol. The molecule has 0 aliphatic heterocycles. The van der Waals surface area contributed by atoms with Crippen LogP contribution in [0, 0.1) is 0 Å². The van der Waals surface area contributed by atoms with E-state index >= 15 is 0 Å². The molecule has 8 heteroatoms. The molecule has 0 aliphatic rings. The van der Waals surface area contributed by atoms with Crippen LogP contribution in [0.25, 0.3) is 0 Å². The number of carbonyl (C=O) groups excluding carboxylic acids is 2. The summed E-state index contributed by atoms with van der Waals surface area (Å²) < 4.78 is 6.56. The first kappa shape index (κ1) is 24.5. The second kappa shape index (κ2) is 11.6. The summed E-state index contributed by atoms with van der Waals surface area (Å²) in [4.78, 5) is 27.4. The molecule has 0 saturated carbocycles. The Morgan fingerprint density at radius 3 is 2.37 bits per heavy atom. The second-order valence-electron chi connectivity index (χ2n) is 7.09. The van der Waals surface area contributed by atoms with Gasteiger partial charge in [-0.3, -0.25) is 9.59 Å². The Kier molecular flexibility index (Phi) is 9.46. The summed E-state index contributed by atoms with van der Waals surface area (Å²) in [6, 6.07) is 11.6. The number of nitrogens with one attached hydrogen (secondary N) is 1. The van der Waals surface area contributed by atoms with Gasteiger partial charge in [-0.1, -0.05) is 52.1 Å². The van der Waals surface area contributed by atoms with Crippen molar-refractivity contribution in [3.8, 4) is 5.75 Å². The maximum Gasteiger partial charge on any atom is 0.261 e. The van der Waals surface area contributed by atoms with Crippen molar-refractivity contribution in [2.24, 2.45) is 0 Å². The molecular weight excluding hydrogens is 491 g/mol. The number of halogens is 3. The molecule has 2 aromatic carbocycles. The van der Waals surface area contributed by atoms with E-state index < -0.39 is 6.04 Å². The summed E-state index contributed by atoms with van der Waals surface area (Å²) in [5, 5.41) is 3.83. The lowest BCUT2D eigenvalue weighted by atomic mass is 10.1. The van der Waals surface area contributed by atoms with Crippen LogP contribution in [-0.4, -0.2) is 35.4 Å². The van der Waals surface area contributed by atoms with E-state index in [0.717, 1.165) is 4.47 Å². The first-order chi connectivity index (χ1) is 14.2. The molecule has 0 fully saturated rings. The minimum absolute atomic E-state index is 0.0402. The summed E-state index contributed by atoms with van der Waals surface area (Å²) in [6.07, 6.45) is 0.452. The van der Waals surface area contributed by atoms with Gasteiger partial charge in [0.25, 0.3) is 5.91 Å². The Balaban J connectivity index is 2.24. The molecule has 1 atom stereocenters. The third-order valence-corrected chi connectivity index (χ3v) is 5.46. The summed E-state index contributed by atoms with van der Waals surface area (Å²) >= 11 is 15.7. The van der Waals surface area contributed by atoms with Crippen LogP contribution >= 0.6 is 39.1 Å². The van der Waals surface area contributed by atoms with Crippen molar-refractivity contribution in [2.45, 2.75) is 45.8 Å². The quantitative estimate of drug-likeness (QED) is 0.482. The zero-order valence-corrected chi connectivity index (χ0v) is 20.2. The van der Waals surface area contributed by atoms with E-state index in [1.807, 2.05) is 32.9 Å². The zero-order valence-electron chi connectivity index (χ0n) is 17.1. The first-order valence-corrected chi connectivity index (χ1v) is 11.2. The molecule has 2 rings (SSSR count). The van der Waals surface area contributed by atoms with E-state index in [9.17, 15) is 9.59 Å². The Morgan fingerprint density at radius 1 is 1.13 bits per heavy atom. The van der Waals surface area contributed by atoms with Crippen molar-refractivity contribution in [3.05, 3.63) is 62.5 Å². The Hall–Kier alpha value is -1.76. The van der Waals surface area contributed by atoms with Crippen LogP contribution in [0.2, 0.25) is 10.0 Å². The maximum atomic E-state index is 13.1. The van der Waals surface area contributed by atoms with Crippen LogP contribution in [0.3, 0.4) is 0 Å². The average Bonchev–Trinajstić information content (AvgIpc) is 2.68. The lowest BCUT2D eigenvalue weighted by Gasteiger charge is -2.31. The average molecular weight is 516 g/mol. The van der Waals surface area contributed by atoms with Crippen LogP contribution in [0.15, 0.2) is 46.9 Å². The molecule has 0 aliphatic carbocycles. The topological polar surface area (TPSA) is 58.6 Å². The van der Waals surface area contributed by atoms with Gasteiger partial charge in [0, 0.05) is 27.1 Å². The van der Waals surface area contributed by atoms with Gasteiger partial charge >= 0.3 is 0 Å². The molecule has 2 amide bonds. The molecule has 0 radical (unpaired) electrons. The number of hydrogen-bond donors (Lipinski definition) is 1. The zero-order chi connectivity index (χ0) is 22.3. The smallest absolute Gasteiger partial charge is 0.261 e. The van der Waals surface area contributed by atoms with E-state index in [1.165, 1.54) is 4.90 Å². The van der Waals surface area contributed by atoms with Gasteiger partial charge in [-0.15, -0.1) is 0 Å². The van der Waals surface area contributed by atoms with Crippen molar-refractivity contribution < 1.29 is 14.3 Å². The van der Waals surface area contributed by atoms with Gasteiger partial charge < -0.3 is 15.0 Å². The second-order valence-corrected chi connectivity index (χ2v) is 8.85. The fourth-order valence-corrected chi connectivity index (χ4v) is 3.63. The number of ether oxygens (including phenoxy) is 1. The number of hydrogen-bond acceptors (Lipinski definition) is 3. The van der Waals surface area contributed by atoms with Crippen molar-refractivity contribution >= 4 is 50.9 Å². The number of benzene rings is 2. The lowest BCUT2D eigenvalue weighted by Crippen LogP contribution is -2.51. The highest BCUT2D eigenvalue weighted by Crippen LogP contribution is 2.24. The summed E-state index contributed by atoms with van der Waals surface area (Å²) in [7, 11) is 0. The van der Waals surface area contributed by atoms with Crippen LogP contribution in [0.4, 0.5) is 0 Å². The minimum Gasteiger partial charge on any atom is -0.484 e. The number of rotatable bonds is 9. The third-order valence-electron chi connectivity index (χ3n) is 4.35. The highest BCUT2D eigenvalue weighted by atomic mass is 79.9. The number of nitrogens with zero attached hydrogens (tertiary/aromatic N) is 1. The molecule has 0 heterocycles. The van der Waals surface area contributed by atoms with Gasteiger partial charge in [0.05, 0.1) is 0 Å². The molecule has 0 aromatic heterocycles. The predicted octanol–water partition coefficient (Wildman–Crippen LogP) is 5.47. The Bertz CT molecular complexity index is 875. The molecule has 0 spiro atoms. The summed E-state index contributed by atoms with van der Waals surface area (Å²) in [6.45, 7) is 5.59. The molecule has 0 bridgehead atoms. The number of amides is 2. The van der Waals surface area contributed by atoms with E-state index in [2.05, 4.69) is 21.2 Å². The van der Waals surface area contributed by atoms with E-state index in [1.54, 1.807) is 30.3 Å². The molecule has 30 heavy (non-hydrogen) atoms. The molecule has 1 N–H and O–H groups in total. The van der Waals surface area contributed by atoms with Crippen molar-refractivity contribution in [1.29, 1.82) is 0 Å². The van der Waals surface area contributed by atoms with Gasteiger partial charge in [0.2, 0.25) is 5.91 Å². The molecule has 5 nitrogen and oxygen atoms in total. The molecule has 2 aromatic rings. The van der Waals surface area contributed by atoms with Gasteiger partial charge in [-0.05, 0) is 62.2 Å². The minimum atomic E-state index is -0.653. The van der Waals surface area contributed by atoms with Crippen molar-refractivity contribution in [1.82, 2.24) is 10.2 Å². The number of carbonyl (C=O) groups is 2. The molecular formula is C22H25BrCl2N2O3. The predicted molar refractivity (Wildman–Crippen MR) is 124 cm³/mol. The van der Waals surface area contributed by atoms with Crippen LogP contribution in [0.5, 0.6) is 5.75 Å². The van der Waals surface area contributed by atoms with Gasteiger partial charge in [0.15, 0.2) is 6.61 Å². The van der Waals surface area contributed by atoms with E-state index in [-0.39, 0.29) is 31.0 Å². The molecule has 1 unspecified atom stereocenters. The molecule has 162 valence electrons. The normalized spacial score (nSPS) is 11.8. The van der Waals surface area contributed by atoms with Gasteiger partial charge in [-0.25, -0.2) is 0 Å². The van der Waals surface area contributed by atoms with Crippen LogP contribution in [0.1, 0.15) is 32.8 Å². The van der Waals surface area contributed by atoms with Crippen molar-refractivity contribution in [2.75, 3.05) is 6.61 Å². The third kappa shape index (κ3) is 7.18. The van der Waals surface area contributed by atoms with Crippen LogP contribution in [-0.2, 0) is 16.1 Å². The SMILES string of the molecule is CCC(C(=O)NC(C)C)N(Cc1ccc(Cl)cc1Cl)C(=O)COc1ccc(Br)cc1. The highest BCUT2D eigenvalue weighted by molar-refractivity contribution is 9.10. The molecule has 0 saturated heterocycles.